The van der Waals surface area contributed by atoms with Gasteiger partial charge >= 0.3 is 0 Å². The van der Waals surface area contributed by atoms with Crippen LogP contribution in [-0.2, 0) is 11.2 Å². The fraction of sp³-hybridized carbons (Fsp3) is 0.235. The molecule has 0 saturated carbocycles. The van der Waals surface area contributed by atoms with Crippen LogP contribution in [-0.4, -0.2) is 5.78 Å². The average molecular weight is 271 g/mol. The molecule has 2 heteroatoms. The zero-order valence-electron chi connectivity index (χ0n) is 10.6. The van der Waals surface area contributed by atoms with Gasteiger partial charge < -0.3 is 0 Å². The van der Waals surface area contributed by atoms with Crippen LogP contribution in [0.5, 0.6) is 0 Å². The van der Waals surface area contributed by atoms with Crippen LogP contribution >= 0.6 is 11.6 Å². The van der Waals surface area contributed by atoms with E-state index < -0.39 is 0 Å². The van der Waals surface area contributed by atoms with Crippen molar-refractivity contribution in [2.75, 3.05) is 0 Å². The number of carbonyl (C=O) groups is 1. The van der Waals surface area contributed by atoms with Gasteiger partial charge in [-0.05, 0) is 35.2 Å². The lowest BCUT2D eigenvalue weighted by atomic mass is 9.86. The molecular weight excluding hydrogens is 256 g/mol. The second-order valence-electron chi connectivity index (χ2n) is 5.05. The molecule has 3 rings (SSSR count). The van der Waals surface area contributed by atoms with E-state index in [-0.39, 0.29) is 5.92 Å². The van der Waals surface area contributed by atoms with Gasteiger partial charge in [0.15, 0.2) is 0 Å². The highest BCUT2D eigenvalue weighted by Gasteiger charge is 2.23. The summed E-state index contributed by atoms with van der Waals surface area (Å²) < 4.78 is 0. The summed E-state index contributed by atoms with van der Waals surface area (Å²) in [5.74, 6) is 0.514. The van der Waals surface area contributed by atoms with Gasteiger partial charge in [0, 0.05) is 23.8 Å². The summed E-state index contributed by atoms with van der Waals surface area (Å²) in [7, 11) is 0. The molecule has 0 saturated heterocycles. The molecule has 2 aromatic rings. The van der Waals surface area contributed by atoms with Crippen molar-refractivity contribution in [1.29, 1.82) is 0 Å². The van der Waals surface area contributed by atoms with Gasteiger partial charge in [-0.1, -0.05) is 48.0 Å². The summed E-state index contributed by atoms with van der Waals surface area (Å²) in [5.41, 5.74) is 3.76. The van der Waals surface area contributed by atoms with Gasteiger partial charge in [0.25, 0.3) is 0 Å². The minimum absolute atomic E-state index is 0.170. The number of ketones is 1. The molecule has 2 aromatic carbocycles. The van der Waals surface area contributed by atoms with E-state index in [4.69, 9.17) is 11.6 Å². The number of benzene rings is 2. The lowest BCUT2D eigenvalue weighted by Gasteiger charge is -2.17. The summed E-state index contributed by atoms with van der Waals surface area (Å²) >= 11 is 5.94. The Morgan fingerprint density at radius 3 is 2.47 bits per heavy atom. The lowest BCUT2D eigenvalue weighted by molar-refractivity contribution is -0.119. The lowest BCUT2D eigenvalue weighted by Crippen LogP contribution is -2.06. The van der Waals surface area contributed by atoms with Crippen molar-refractivity contribution in [1.82, 2.24) is 0 Å². The molecule has 96 valence electrons. The zero-order valence-corrected chi connectivity index (χ0v) is 11.4. The quantitative estimate of drug-likeness (QED) is 0.703. The minimum atomic E-state index is 0.170. The Morgan fingerprint density at radius 2 is 1.68 bits per heavy atom. The van der Waals surface area contributed by atoms with Crippen molar-refractivity contribution in [3.63, 3.8) is 0 Å². The first-order valence-electron chi connectivity index (χ1n) is 6.59. The highest BCUT2D eigenvalue weighted by Crippen LogP contribution is 2.34. The number of aryl methyl sites for hydroxylation is 1. The molecule has 0 aliphatic heterocycles. The van der Waals surface area contributed by atoms with Crippen LogP contribution in [0.3, 0.4) is 0 Å². The average Bonchev–Trinajstić information content (AvgIpc) is 2.60. The Labute approximate surface area is 118 Å². The number of rotatable bonds is 1. The van der Waals surface area contributed by atoms with E-state index in [2.05, 4.69) is 18.2 Å². The second-order valence-corrected chi connectivity index (χ2v) is 5.48. The molecule has 0 fully saturated rings. The van der Waals surface area contributed by atoms with E-state index in [0.29, 0.717) is 18.6 Å². The summed E-state index contributed by atoms with van der Waals surface area (Å²) in [6, 6.07) is 16.2. The van der Waals surface area contributed by atoms with Crippen molar-refractivity contribution >= 4 is 17.4 Å². The molecule has 1 nitrogen and oxygen atoms in total. The Morgan fingerprint density at radius 1 is 0.947 bits per heavy atom. The Kier molecular flexibility index (Phi) is 3.39. The van der Waals surface area contributed by atoms with Crippen LogP contribution in [0.25, 0.3) is 0 Å². The Bertz CT molecular complexity index is 601. The van der Waals surface area contributed by atoms with Crippen molar-refractivity contribution in [2.45, 2.75) is 25.2 Å². The summed E-state index contributed by atoms with van der Waals surface area (Å²) in [5, 5.41) is 0.733. The van der Waals surface area contributed by atoms with Gasteiger partial charge in [0.1, 0.15) is 5.78 Å². The summed E-state index contributed by atoms with van der Waals surface area (Å²) in [4.78, 5) is 12.0. The van der Waals surface area contributed by atoms with E-state index in [9.17, 15) is 4.79 Å². The maximum atomic E-state index is 12.0. The molecular formula is C17H15ClO. The number of Topliss-reactive ketones (excluding diaryl/α,β-unsaturated/α-hetero) is 1. The molecule has 1 unspecified atom stereocenters. The van der Waals surface area contributed by atoms with E-state index >= 15 is 0 Å². The topological polar surface area (TPSA) is 17.1 Å². The van der Waals surface area contributed by atoms with Crippen LogP contribution < -0.4 is 0 Å². The van der Waals surface area contributed by atoms with E-state index in [1.54, 1.807) is 0 Å². The Hall–Kier alpha value is -1.60. The molecule has 1 aliphatic rings. The first-order chi connectivity index (χ1) is 9.24. The smallest absolute Gasteiger partial charge is 0.134 e. The first-order valence-corrected chi connectivity index (χ1v) is 6.97. The third-order valence-electron chi connectivity index (χ3n) is 3.81. The standard InChI is InChI=1S/C17H15ClO/c18-14-8-5-13(6-9-14)17-11-15(19)10-7-12-3-1-2-4-16(12)17/h1-6,8-9,17H,7,10-11H2. The first kappa shape index (κ1) is 12.4. The fourth-order valence-electron chi connectivity index (χ4n) is 2.81. The van der Waals surface area contributed by atoms with Crippen LogP contribution in [0.15, 0.2) is 48.5 Å². The molecule has 1 aliphatic carbocycles. The molecule has 19 heavy (non-hydrogen) atoms. The van der Waals surface area contributed by atoms with Gasteiger partial charge in [-0.3, -0.25) is 4.79 Å². The predicted octanol–water partition coefficient (Wildman–Crippen LogP) is 4.38. The fourth-order valence-corrected chi connectivity index (χ4v) is 2.93. The van der Waals surface area contributed by atoms with E-state index in [1.165, 1.54) is 16.7 Å². The van der Waals surface area contributed by atoms with Crippen molar-refractivity contribution in [3.8, 4) is 0 Å². The largest absolute Gasteiger partial charge is 0.300 e. The number of halogens is 1. The van der Waals surface area contributed by atoms with Crippen molar-refractivity contribution in [2.24, 2.45) is 0 Å². The van der Waals surface area contributed by atoms with Gasteiger partial charge in [-0.25, -0.2) is 0 Å². The molecule has 0 radical (unpaired) electrons. The van der Waals surface area contributed by atoms with Gasteiger partial charge in [-0.15, -0.1) is 0 Å². The van der Waals surface area contributed by atoms with E-state index in [0.717, 1.165) is 11.4 Å². The number of hydrogen-bond acceptors (Lipinski definition) is 1. The van der Waals surface area contributed by atoms with Gasteiger partial charge in [-0.2, -0.15) is 0 Å². The molecule has 0 aromatic heterocycles. The molecule has 0 heterocycles. The number of carbonyl (C=O) groups excluding carboxylic acids is 1. The second kappa shape index (κ2) is 5.18. The van der Waals surface area contributed by atoms with Crippen LogP contribution in [0.1, 0.15) is 35.4 Å². The molecule has 0 bridgehead atoms. The van der Waals surface area contributed by atoms with Gasteiger partial charge in [0.2, 0.25) is 0 Å². The van der Waals surface area contributed by atoms with Crippen LogP contribution in [0.4, 0.5) is 0 Å². The summed E-state index contributed by atoms with van der Waals surface area (Å²) in [6.07, 6.45) is 2.11. The molecule has 0 spiro atoms. The maximum Gasteiger partial charge on any atom is 0.134 e. The molecule has 0 amide bonds. The third kappa shape index (κ3) is 2.57. The monoisotopic (exact) mass is 270 g/mol. The highest BCUT2D eigenvalue weighted by atomic mass is 35.5. The van der Waals surface area contributed by atoms with Crippen LogP contribution in [0.2, 0.25) is 5.02 Å². The zero-order chi connectivity index (χ0) is 13.2. The predicted molar refractivity (Wildman–Crippen MR) is 77.7 cm³/mol. The number of hydrogen-bond donors (Lipinski definition) is 0. The molecule has 0 N–H and O–H groups in total. The van der Waals surface area contributed by atoms with E-state index in [1.807, 2.05) is 30.3 Å². The van der Waals surface area contributed by atoms with Gasteiger partial charge in [0.05, 0.1) is 0 Å². The SMILES string of the molecule is O=C1CCc2ccccc2C(c2ccc(Cl)cc2)C1. The minimum Gasteiger partial charge on any atom is -0.300 e. The van der Waals surface area contributed by atoms with Crippen molar-refractivity contribution < 1.29 is 4.79 Å². The summed E-state index contributed by atoms with van der Waals surface area (Å²) in [6.45, 7) is 0. The number of fused-ring (bicyclic) bond motifs is 1. The van der Waals surface area contributed by atoms with Crippen molar-refractivity contribution in [3.05, 3.63) is 70.2 Å². The molecule has 1 atom stereocenters. The highest BCUT2D eigenvalue weighted by molar-refractivity contribution is 6.30. The Balaban J connectivity index is 2.07. The van der Waals surface area contributed by atoms with Crippen LogP contribution in [0, 0.1) is 0 Å². The third-order valence-corrected chi connectivity index (χ3v) is 4.06. The normalized spacial score (nSPS) is 18.8. The maximum absolute atomic E-state index is 12.0.